The lowest BCUT2D eigenvalue weighted by molar-refractivity contribution is -0.139. The number of nitrogens with zero attached hydrogens (tertiary/aromatic N) is 2. The van der Waals surface area contributed by atoms with Crippen LogP contribution in [0.4, 0.5) is 0 Å². The van der Waals surface area contributed by atoms with E-state index in [0.29, 0.717) is 43.4 Å². The molecule has 2 aromatic carbocycles. The van der Waals surface area contributed by atoms with Crippen LogP contribution < -0.4 is 29.1 Å². The van der Waals surface area contributed by atoms with E-state index in [1.807, 2.05) is 50.2 Å². The molecule has 37 heavy (non-hydrogen) atoms. The van der Waals surface area contributed by atoms with Crippen LogP contribution in [-0.4, -0.2) is 30.0 Å². The van der Waals surface area contributed by atoms with Gasteiger partial charge in [0.2, 0.25) is 6.79 Å². The van der Waals surface area contributed by atoms with Crippen LogP contribution in [0, 0.1) is 0 Å². The molecule has 10 heteroatoms. The van der Waals surface area contributed by atoms with E-state index in [1.54, 1.807) is 24.5 Å². The van der Waals surface area contributed by atoms with Crippen molar-refractivity contribution in [1.29, 1.82) is 0 Å². The topological polar surface area (TPSA) is 88.4 Å². The Balaban J connectivity index is 1.73. The molecule has 0 spiro atoms. The fourth-order valence-electron chi connectivity index (χ4n) is 4.34. The molecule has 0 unspecified atom stereocenters. The Bertz CT molecular complexity index is 1600. The second kappa shape index (κ2) is 10.2. The molecule has 0 saturated carbocycles. The van der Waals surface area contributed by atoms with Crippen LogP contribution in [0.15, 0.2) is 61.9 Å². The lowest BCUT2D eigenvalue weighted by Crippen LogP contribution is -2.40. The first-order valence-corrected chi connectivity index (χ1v) is 13.4. The van der Waals surface area contributed by atoms with Crippen molar-refractivity contribution in [2.75, 3.05) is 13.4 Å². The highest BCUT2D eigenvalue weighted by Gasteiger charge is 2.35. The van der Waals surface area contributed by atoms with Crippen LogP contribution in [0.25, 0.3) is 6.08 Å². The van der Waals surface area contributed by atoms with Gasteiger partial charge in [0.25, 0.3) is 5.56 Å². The average Bonchev–Trinajstić information content (AvgIpc) is 3.42. The van der Waals surface area contributed by atoms with Gasteiger partial charge < -0.3 is 18.9 Å². The highest BCUT2D eigenvalue weighted by molar-refractivity contribution is 9.10. The van der Waals surface area contributed by atoms with Crippen molar-refractivity contribution >= 4 is 39.3 Å². The van der Waals surface area contributed by atoms with E-state index in [9.17, 15) is 9.59 Å². The Hall–Kier alpha value is -3.37. The summed E-state index contributed by atoms with van der Waals surface area (Å²) in [5.41, 5.74) is 1.98. The van der Waals surface area contributed by atoms with Gasteiger partial charge in [0.05, 0.1) is 28.5 Å². The summed E-state index contributed by atoms with van der Waals surface area (Å²) >= 11 is 4.82. The van der Waals surface area contributed by atoms with Gasteiger partial charge in [-0.25, -0.2) is 9.79 Å². The summed E-state index contributed by atoms with van der Waals surface area (Å²) in [5, 5.41) is 0. The van der Waals surface area contributed by atoms with Gasteiger partial charge in [-0.1, -0.05) is 45.5 Å². The lowest BCUT2D eigenvalue weighted by atomic mass is 9.95. The summed E-state index contributed by atoms with van der Waals surface area (Å²) in [5.74, 6) is 1.33. The highest BCUT2D eigenvalue weighted by atomic mass is 79.9. The predicted molar refractivity (Wildman–Crippen MR) is 143 cm³/mol. The van der Waals surface area contributed by atoms with Gasteiger partial charge in [0, 0.05) is 10.0 Å². The van der Waals surface area contributed by atoms with Crippen LogP contribution in [0.3, 0.4) is 0 Å². The van der Waals surface area contributed by atoms with Gasteiger partial charge in [-0.15, -0.1) is 0 Å². The van der Waals surface area contributed by atoms with E-state index in [4.69, 9.17) is 18.9 Å². The summed E-state index contributed by atoms with van der Waals surface area (Å²) in [6.45, 7) is 7.72. The molecule has 0 radical (unpaired) electrons. The first-order valence-electron chi connectivity index (χ1n) is 11.8. The van der Waals surface area contributed by atoms with Crippen LogP contribution in [0.1, 0.15) is 44.9 Å². The van der Waals surface area contributed by atoms with Crippen molar-refractivity contribution in [3.05, 3.63) is 83.0 Å². The number of esters is 1. The molecule has 0 fully saturated rings. The molecule has 192 valence electrons. The predicted octanol–water partition coefficient (Wildman–Crippen LogP) is 4.08. The Labute approximate surface area is 225 Å². The summed E-state index contributed by atoms with van der Waals surface area (Å²) < 4.78 is 25.2. The minimum absolute atomic E-state index is 0.100. The lowest BCUT2D eigenvalue weighted by Gasteiger charge is -2.26. The minimum atomic E-state index is -0.757. The Morgan fingerprint density at radius 1 is 1.27 bits per heavy atom. The van der Waals surface area contributed by atoms with Crippen molar-refractivity contribution in [3.63, 3.8) is 0 Å². The fourth-order valence-corrected chi connectivity index (χ4v) is 5.81. The number of carbonyl (C=O) groups excluding carboxylic acids is 1. The first-order chi connectivity index (χ1) is 17.8. The van der Waals surface area contributed by atoms with Gasteiger partial charge in [-0.05, 0) is 57.5 Å². The number of thiazole rings is 1. The molecule has 2 aliphatic heterocycles. The minimum Gasteiger partial charge on any atom is -0.491 e. The van der Waals surface area contributed by atoms with Crippen molar-refractivity contribution < 1.29 is 23.7 Å². The van der Waals surface area contributed by atoms with Crippen molar-refractivity contribution in [2.45, 2.75) is 39.8 Å². The highest BCUT2D eigenvalue weighted by Crippen LogP contribution is 2.38. The second-order valence-corrected chi connectivity index (χ2v) is 10.6. The third kappa shape index (κ3) is 4.71. The molecular weight excluding hydrogens is 560 g/mol. The van der Waals surface area contributed by atoms with Gasteiger partial charge in [0.15, 0.2) is 16.3 Å². The van der Waals surface area contributed by atoms with E-state index in [2.05, 4.69) is 20.9 Å². The van der Waals surface area contributed by atoms with E-state index in [0.717, 1.165) is 10.0 Å². The molecule has 2 aliphatic rings. The number of halogens is 1. The zero-order valence-electron chi connectivity index (χ0n) is 20.7. The van der Waals surface area contributed by atoms with Crippen LogP contribution >= 0.6 is 27.3 Å². The molecule has 0 N–H and O–H groups in total. The number of ether oxygens (including phenoxy) is 4. The summed E-state index contributed by atoms with van der Waals surface area (Å²) in [7, 11) is 0. The number of fused-ring (bicyclic) bond motifs is 2. The first kappa shape index (κ1) is 25.3. The van der Waals surface area contributed by atoms with E-state index in [-0.39, 0.29) is 25.1 Å². The third-order valence-electron chi connectivity index (χ3n) is 5.87. The third-order valence-corrected chi connectivity index (χ3v) is 7.54. The maximum absolute atomic E-state index is 13.9. The number of rotatable bonds is 6. The normalized spacial score (nSPS) is 16.6. The quantitative estimate of drug-likeness (QED) is 0.406. The van der Waals surface area contributed by atoms with Crippen LogP contribution in [0.2, 0.25) is 0 Å². The molecule has 0 aliphatic carbocycles. The van der Waals surface area contributed by atoms with Crippen molar-refractivity contribution in [3.8, 4) is 17.2 Å². The molecule has 1 atom stereocenters. The molecule has 1 aromatic heterocycles. The Kier molecular flexibility index (Phi) is 6.96. The van der Waals surface area contributed by atoms with Gasteiger partial charge in [-0.3, -0.25) is 9.36 Å². The molecule has 0 amide bonds. The zero-order valence-corrected chi connectivity index (χ0v) is 23.1. The van der Waals surface area contributed by atoms with Gasteiger partial charge in [0.1, 0.15) is 11.8 Å². The monoisotopic (exact) mass is 584 g/mol. The number of carbonyl (C=O) groups is 1. The molecule has 0 saturated heterocycles. The molecule has 8 nitrogen and oxygen atoms in total. The summed E-state index contributed by atoms with van der Waals surface area (Å²) in [6.07, 6.45) is 1.68. The number of hydrogen-bond donors (Lipinski definition) is 0. The molecular formula is C27H25BrN2O6S. The van der Waals surface area contributed by atoms with Gasteiger partial charge in [-0.2, -0.15) is 0 Å². The number of benzene rings is 2. The van der Waals surface area contributed by atoms with Crippen molar-refractivity contribution in [2.24, 2.45) is 4.99 Å². The molecule has 3 heterocycles. The summed E-state index contributed by atoms with van der Waals surface area (Å²) in [6, 6.07) is 10.3. The fraction of sp³-hybridized carbons (Fsp3) is 0.296. The maximum Gasteiger partial charge on any atom is 0.338 e. The van der Waals surface area contributed by atoms with E-state index < -0.39 is 12.0 Å². The molecule has 5 rings (SSSR count). The average molecular weight is 585 g/mol. The van der Waals surface area contributed by atoms with Crippen molar-refractivity contribution in [1.82, 2.24) is 4.57 Å². The van der Waals surface area contributed by atoms with Crippen LogP contribution in [0.5, 0.6) is 17.2 Å². The molecule has 0 bridgehead atoms. The van der Waals surface area contributed by atoms with E-state index in [1.165, 1.54) is 11.3 Å². The Morgan fingerprint density at radius 3 is 2.73 bits per heavy atom. The summed E-state index contributed by atoms with van der Waals surface area (Å²) in [4.78, 5) is 32.2. The Morgan fingerprint density at radius 2 is 2.00 bits per heavy atom. The standard InChI is InChI=1S/C27H25BrN2O6S/c1-5-33-26(32)23-15(4)29-27-30(24(23)17-8-6-7-9-19(17)36-14(2)3)25(31)22(37-27)11-16-10-20-21(12-18(16)28)35-13-34-20/h6-12,14,24H,5,13H2,1-4H3/b22-11-/t24-/m0/s1. The smallest absolute Gasteiger partial charge is 0.338 e. The largest absolute Gasteiger partial charge is 0.491 e. The second-order valence-electron chi connectivity index (χ2n) is 8.73. The number of para-hydroxylation sites is 1. The number of aromatic nitrogens is 1. The maximum atomic E-state index is 13.9. The van der Waals surface area contributed by atoms with Crippen LogP contribution in [-0.2, 0) is 9.53 Å². The molecule has 3 aromatic rings. The van der Waals surface area contributed by atoms with E-state index >= 15 is 0 Å². The number of hydrogen-bond acceptors (Lipinski definition) is 8. The van der Waals surface area contributed by atoms with Gasteiger partial charge >= 0.3 is 5.97 Å². The zero-order chi connectivity index (χ0) is 26.3. The number of allylic oxidation sites excluding steroid dienone is 1. The SMILES string of the molecule is CCOC(=O)C1=C(C)N=c2s/c(=C\c3cc4c(cc3Br)OCO4)c(=O)n2[C@H]1c1ccccc1OC(C)C.